The minimum Gasteiger partial charge on any atom is -0.493 e. The number of ether oxygens (including phenoxy) is 2. The Morgan fingerprint density at radius 2 is 1.90 bits per heavy atom. The Morgan fingerprint density at radius 1 is 1.20 bits per heavy atom. The van der Waals surface area contributed by atoms with Crippen LogP contribution >= 0.6 is 0 Å². The molecule has 4 heteroatoms. The summed E-state index contributed by atoms with van der Waals surface area (Å²) in [5.41, 5.74) is 9.04. The van der Waals surface area contributed by atoms with E-state index in [2.05, 4.69) is 24.0 Å². The van der Waals surface area contributed by atoms with E-state index in [1.165, 1.54) is 11.1 Å². The molecule has 1 aromatic rings. The fourth-order valence-electron chi connectivity index (χ4n) is 3.57. The van der Waals surface area contributed by atoms with Crippen LogP contribution in [0, 0.1) is 5.92 Å². The van der Waals surface area contributed by atoms with Gasteiger partial charge < -0.3 is 15.2 Å². The number of rotatable bonds is 2. The fraction of sp³-hybridized carbons (Fsp3) is 0.625. The van der Waals surface area contributed by atoms with Gasteiger partial charge in [0.15, 0.2) is 11.5 Å². The van der Waals surface area contributed by atoms with Crippen molar-refractivity contribution in [3.8, 4) is 11.5 Å². The highest BCUT2D eigenvalue weighted by molar-refractivity contribution is 5.49. The Bertz CT molecular complexity index is 503. The lowest BCUT2D eigenvalue weighted by atomic mass is 9.81. The van der Waals surface area contributed by atoms with Crippen molar-refractivity contribution in [1.29, 1.82) is 0 Å². The highest BCUT2D eigenvalue weighted by atomic mass is 16.5. The summed E-state index contributed by atoms with van der Waals surface area (Å²) in [6, 6.07) is 5.00. The van der Waals surface area contributed by atoms with Gasteiger partial charge in [-0.1, -0.05) is 6.92 Å². The summed E-state index contributed by atoms with van der Waals surface area (Å²) >= 11 is 0. The first kappa shape index (κ1) is 13.7. The molecule has 20 heavy (non-hydrogen) atoms. The molecule has 3 rings (SSSR count). The maximum absolute atomic E-state index is 6.29. The molecule has 0 aliphatic carbocycles. The van der Waals surface area contributed by atoms with Crippen LogP contribution in [-0.4, -0.2) is 38.3 Å². The van der Waals surface area contributed by atoms with E-state index in [-0.39, 0.29) is 6.04 Å². The summed E-state index contributed by atoms with van der Waals surface area (Å²) in [5, 5.41) is 0. The third-order valence-corrected chi connectivity index (χ3v) is 4.86. The highest BCUT2D eigenvalue weighted by Crippen LogP contribution is 2.42. The molecule has 2 aliphatic rings. The number of hydrogen-bond donors (Lipinski definition) is 1. The first-order valence-electron chi connectivity index (χ1n) is 7.38. The molecular formula is C16H24N2O2. The van der Waals surface area contributed by atoms with Crippen LogP contribution in [0.4, 0.5) is 0 Å². The van der Waals surface area contributed by atoms with E-state index in [1.54, 1.807) is 14.2 Å². The first-order chi connectivity index (χ1) is 9.63. The van der Waals surface area contributed by atoms with E-state index in [9.17, 15) is 0 Å². The van der Waals surface area contributed by atoms with Gasteiger partial charge in [0.2, 0.25) is 0 Å². The second kappa shape index (κ2) is 5.26. The highest BCUT2D eigenvalue weighted by Gasteiger charge is 2.36. The Morgan fingerprint density at radius 3 is 2.60 bits per heavy atom. The van der Waals surface area contributed by atoms with E-state index >= 15 is 0 Å². The number of hydrogen-bond acceptors (Lipinski definition) is 4. The normalized spacial score (nSPS) is 29.5. The summed E-state index contributed by atoms with van der Waals surface area (Å²) in [7, 11) is 3.39. The maximum Gasteiger partial charge on any atom is 0.161 e. The lowest BCUT2D eigenvalue weighted by molar-refractivity contribution is 0.0899. The van der Waals surface area contributed by atoms with Gasteiger partial charge in [0.1, 0.15) is 0 Å². The SMILES string of the molecule is COc1cc2c(cc1OC)C1C[C@@H](N)[C@@H](C)CN1CC2. The molecule has 110 valence electrons. The van der Waals surface area contributed by atoms with Crippen molar-refractivity contribution in [3.05, 3.63) is 23.3 Å². The van der Waals surface area contributed by atoms with Gasteiger partial charge in [0.05, 0.1) is 14.2 Å². The molecule has 0 amide bonds. The van der Waals surface area contributed by atoms with Crippen molar-refractivity contribution in [3.63, 3.8) is 0 Å². The van der Waals surface area contributed by atoms with Crippen molar-refractivity contribution in [1.82, 2.24) is 4.90 Å². The quantitative estimate of drug-likeness (QED) is 0.897. The summed E-state index contributed by atoms with van der Waals surface area (Å²) in [4.78, 5) is 2.57. The Labute approximate surface area is 120 Å². The Kier molecular flexibility index (Phi) is 3.61. The lowest BCUT2D eigenvalue weighted by Gasteiger charge is -2.45. The number of nitrogens with two attached hydrogens (primary N) is 1. The summed E-state index contributed by atoms with van der Waals surface area (Å²) in [6.07, 6.45) is 2.11. The lowest BCUT2D eigenvalue weighted by Crippen LogP contribution is -2.49. The molecule has 2 aliphatic heterocycles. The average molecular weight is 276 g/mol. The average Bonchev–Trinajstić information content (AvgIpc) is 2.47. The molecule has 0 radical (unpaired) electrons. The van der Waals surface area contributed by atoms with Crippen molar-refractivity contribution >= 4 is 0 Å². The molecule has 1 unspecified atom stereocenters. The number of benzene rings is 1. The van der Waals surface area contributed by atoms with Crippen LogP contribution in [-0.2, 0) is 6.42 Å². The Hall–Kier alpha value is -1.26. The third kappa shape index (κ3) is 2.17. The summed E-state index contributed by atoms with van der Waals surface area (Å²) < 4.78 is 10.9. The topological polar surface area (TPSA) is 47.7 Å². The molecule has 0 saturated carbocycles. The van der Waals surface area contributed by atoms with Crippen molar-refractivity contribution in [2.45, 2.75) is 31.8 Å². The van der Waals surface area contributed by atoms with Crippen molar-refractivity contribution in [2.75, 3.05) is 27.3 Å². The molecule has 0 spiro atoms. The molecule has 2 N–H and O–H groups in total. The zero-order valence-electron chi connectivity index (χ0n) is 12.6. The molecule has 1 saturated heterocycles. The molecular weight excluding hydrogens is 252 g/mol. The number of nitrogens with zero attached hydrogens (tertiary/aromatic N) is 1. The predicted molar refractivity (Wildman–Crippen MR) is 79.3 cm³/mol. The van der Waals surface area contributed by atoms with E-state index in [0.717, 1.165) is 37.4 Å². The minimum absolute atomic E-state index is 0.287. The van der Waals surface area contributed by atoms with Crippen LogP contribution in [0.1, 0.15) is 30.5 Å². The van der Waals surface area contributed by atoms with Gasteiger partial charge in [-0.2, -0.15) is 0 Å². The summed E-state index contributed by atoms with van der Waals surface area (Å²) in [6.45, 7) is 4.47. The maximum atomic E-state index is 6.29. The molecule has 1 fully saturated rings. The summed E-state index contributed by atoms with van der Waals surface area (Å²) in [5.74, 6) is 2.22. The third-order valence-electron chi connectivity index (χ3n) is 4.86. The van der Waals surface area contributed by atoms with Gasteiger partial charge in [0.25, 0.3) is 0 Å². The number of piperidine rings is 1. The smallest absolute Gasteiger partial charge is 0.161 e. The van der Waals surface area contributed by atoms with E-state index < -0.39 is 0 Å². The zero-order chi connectivity index (χ0) is 14.3. The predicted octanol–water partition coefficient (Wildman–Crippen LogP) is 1.97. The van der Waals surface area contributed by atoms with Crippen LogP contribution in [0.15, 0.2) is 12.1 Å². The van der Waals surface area contributed by atoms with E-state index in [4.69, 9.17) is 15.2 Å². The molecule has 4 nitrogen and oxygen atoms in total. The molecule has 1 aromatic carbocycles. The molecule has 0 aromatic heterocycles. The second-order valence-corrected chi connectivity index (χ2v) is 6.04. The van der Waals surface area contributed by atoms with E-state index in [1.807, 2.05) is 0 Å². The number of fused-ring (bicyclic) bond motifs is 3. The largest absolute Gasteiger partial charge is 0.493 e. The first-order valence-corrected chi connectivity index (χ1v) is 7.38. The van der Waals surface area contributed by atoms with Crippen LogP contribution < -0.4 is 15.2 Å². The van der Waals surface area contributed by atoms with Crippen LogP contribution in [0.3, 0.4) is 0 Å². The van der Waals surface area contributed by atoms with Gasteiger partial charge in [-0.3, -0.25) is 4.90 Å². The monoisotopic (exact) mass is 276 g/mol. The van der Waals surface area contributed by atoms with Crippen molar-refractivity contribution in [2.24, 2.45) is 11.7 Å². The second-order valence-electron chi connectivity index (χ2n) is 6.04. The van der Waals surface area contributed by atoms with Crippen molar-refractivity contribution < 1.29 is 9.47 Å². The minimum atomic E-state index is 0.287. The standard InChI is InChI=1S/C16H24N2O2/c1-10-9-18-5-4-11-6-15(19-2)16(20-3)7-12(11)14(18)8-13(10)17/h6-7,10,13-14H,4-5,8-9,17H2,1-3H3/t10-,13+,14?/m0/s1. The van der Waals surface area contributed by atoms with Gasteiger partial charge in [0, 0.05) is 25.2 Å². The van der Waals surface area contributed by atoms with Crippen LogP contribution in [0.25, 0.3) is 0 Å². The Balaban J connectivity index is 1.99. The van der Waals surface area contributed by atoms with Crippen LogP contribution in [0.2, 0.25) is 0 Å². The van der Waals surface area contributed by atoms with Gasteiger partial charge in [-0.25, -0.2) is 0 Å². The van der Waals surface area contributed by atoms with Gasteiger partial charge in [-0.15, -0.1) is 0 Å². The van der Waals surface area contributed by atoms with E-state index in [0.29, 0.717) is 12.0 Å². The molecule has 0 bridgehead atoms. The molecule has 3 atom stereocenters. The van der Waals surface area contributed by atoms with Gasteiger partial charge in [-0.05, 0) is 42.0 Å². The van der Waals surface area contributed by atoms with Crippen LogP contribution in [0.5, 0.6) is 11.5 Å². The molecule has 2 heterocycles. The zero-order valence-corrected chi connectivity index (χ0v) is 12.6. The fourth-order valence-corrected chi connectivity index (χ4v) is 3.57. The number of methoxy groups -OCH3 is 2. The van der Waals surface area contributed by atoms with Gasteiger partial charge >= 0.3 is 0 Å².